The van der Waals surface area contributed by atoms with E-state index in [1.807, 2.05) is 6.92 Å². The molecule has 1 N–H and O–H groups in total. The molecule has 1 heterocycles. The molecule has 0 unspecified atom stereocenters. The summed E-state index contributed by atoms with van der Waals surface area (Å²) in [7, 11) is 0. The number of carbonyl (C=O) groups is 2. The normalized spacial score (nSPS) is 18.0. The number of rotatable bonds is 6. The van der Waals surface area contributed by atoms with Crippen LogP contribution in [0.25, 0.3) is 0 Å². The third kappa shape index (κ3) is 2.97. The highest BCUT2D eigenvalue weighted by Crippen LogP contribution is 2.22. The number of hydrogen-bond donors (Lipinski definition) is 1. The number of carboxylic acids is 1. The number of unbranched alkanes of at least 4 members (excludes halogenated alkanes) is 1. The van der Waals surface area contributed by atoms with Gasteiger partial charge in [0.25, 0.3) is 0 Å². The Bertz CT molecular complexity index is 259. The fourth-order valence-corrected chi connectivity index (χ4v) is 2.03. The van der Waals surface area contributed by atoms with Gasteiger partial charge in [0, 0.05) is 19.0 Å². The summed E-state index contributed by atoms with van der Waals surface area (Å²) in [4.78, 5) is 24.3. The second kappa shape index (κ2) is 5.87. The van der Waals surface area contributed by atoms with E-state index >= 15 is 0 Å². The summed E-state index contributed by atoms with van der Waals surface area (Å²) in [5.74, 6) is -0.888. The minimum absolute atomic E-state index is 0.0923. The van der Waals surface area contributed by atoms with E-state index in [0.717, 1.165) is 25.7 Å². The molecule has 4 nitrogen and oxygen atoms in total. The molecule has 1 saturated heterocycles. The lowest BCUT2D eigenvalue weighted by atomic mass is 9.93. The molecule has 4 heteroatoms. The molecule has 0 aromatic carbocycles. The first-order valence-corrected chi connectivity index (χ1v) is 6.11. The minimum Gasteiger partial charge on any atom is -0.481 e. The standard InChI is InChI=1S/C12H21NO3/c1-3-5-6-9(4-2)11(14)13-7-10(8-13)12(15)16/h9-10H,3-8H2,1-2H3,(H,15,16)/t9-/m0/s1. The summed E-state index contributed by atoms with van der Waals surface area (Å²) < 4.78 is 0. The van der Waals surface area contributed by atoms with E-state index in [0.29, 0.717) is 13.1 Å². The zero-order valence-corrected chi connectivity index (χ0v) is 10.1. The Balaban J connectivity index is 2.36. The Morgan fingerprint density at radius 3 is 2.44 bits per heavy atom. The van der Waals surface area contributed by atoms with Crippen molar-refractivity contribution in [2.45, 2.75) is 39.5 Å². The zero-order chi connectivity index (χ0) is 12.1. The van der Waals surface area contributed by atoms with Crippen LogP contribution in [0.5, 0.6) is 0 Å². The van der Waals surface area contributed by atoms with Gasteiger partial charge < -0.3 is 10.0 Å². The number of amides is 1. The summed E-state index contributed by atoms with van der Waals surface area (Å²) in [6.45, 7) is 4.93. The molecule has 0 radical (unpaired) electrons. The predicted molar refractivity (Wildman–Crippen MR) is 61.0 cm³/mol. The lowest BCUT2D eigenvalue weighted by molar-refractivity contribution is -0.154. The highest BCUT2D eigenvalue weighted by atomic mass is 16.4. The monoisotopic (exact) mass is 227 g/mol. The molecule has 0 aromatic heterocycles. The Morgan fingerprint density at radius 2 is 2.00 bits per heavy atom. The van der Waals surface area contributed by atoms with Crippen molar-refractivity contribution in [2.75, 3.05) is 13.1 Å². The van der Waals surface area contributed by atoms with Gasteiger partial charge in [-0.15, -0.1) is 0 Å². The molecule has 0 bridgehead atoms. The molecule has 1 amide bonds. The van der Waals surface area contributed by atoms with Crippen LogP contribution in [0.4, 0.5) is 0 Å². The first-order chi connectivity index (χ1) is 7.60. The van der Waals surface area contributed by atoms with Crippen LogP contribution in [0.3, 0.4) is 0 Å². The van der Waals surface area contributed by atoms with E-state index in [4.69, 9.17) is 5.11 Å². The topological polar surface area (TPSA) is 57.6 Å². The van der Waals surface area contributed by atoms with Gasteiger partial charge in [-0.05, 0) is 12.8 Å². The highest BCUT2D eigenvalue weighted by Gasteiger charge is 2.37. The van der Waals surface area contributed by atoms with E-state index in [1.165, 1.54) is 0 Å². The smallest absolute Gasteiger partial charge is 0.310 e. The highest BCUT2D eigenvalue weighted by molar-refractivity contribution is 5.82. The van der Waals surface area contributed by atoms with Crippen LogP contribution in [0.1, 0.15) is 39.5 Å². The summed E-state index contributed by atoms with van der Waals surface area (Å²) in [6, 6.07) is 0. The molecular weight excluding hydrogens is 206 g/mol. The Labute approximate surface area is 96.6 Å². The van der Waals surface area contributed by atoms with Crippen LogP contribution in [-0.2, 0) is 9.59 Å². The van der Waals surface area contributed by atoms with E-state index in [2.05, 4.69) is 6.92 Å². The Hall–Kier alpha value is -1.06. The van der Waals surface area contributed by atoms with Crippen molar-refractivity contribution in [3.8, 4) is 0 Å². The van der Waals surface area contributed by atoms with Gasteiger partial charge in [-0.25, -0.2) is 0 Å². The van der Waals surface area contributed by atoms with Crippen LogP contribution in [0, 0.1) is 11.8 Å². The first-order valence-electron chi connectivity index (χ1n) is 6.11. The molecule has 0 aliphatic carbocycles. The van der Waals surface area contributed by atoms with E-state index < -0.39 is 5.97 Å². The Morgan fingerprint density at radius 1 is 1.38 bits per heavy atom. The average Bonchev–Trinajstić information content (AvgIpc) is 2.16. The average molecular weight is 227 g/mol. The van der Waals surface area contributed by atoms with Gasteiger partial charge >= 0.3 is 5.97 Å². The second-order valence-electron chi connectivity index (χ2n) is 4.53. The van der Waals surface area contributed by atoms with Crippen LogP contribution in [0.2, 0.25) is 0 Å². The molecule has 0 spiro atoms. The molecule has 1 rings (SSSR count). The summed E-state index contributed by atoms with van der Waals surface area (Å²) in [5, 5.41) is 8.73. The number of likely N-dealkylation sites (tertiary alicyclic amines) is 1. The van der Waals surface area contributed by atoms with Crippen LogP contribution >= 0.6 is 0 Å². The van der Waals surface area contributed by atoms with E-state index in [1.54, 1.807) is 4.90 Å². The molecule has 1 aliphatic heterocycles. The van der Waals surface area contributed by atoms with E-state index in [9.17, 15) is 9.59 Å². The van der Waals surface area contributed by atoms with Crippen LogP contribution in [-0.4, -0.2) is 35.0 Å². The van der Waals surface area contributed by atoms with Crippen LogP contribution < -0.4 is 0 Å². The van der Waals surface area contributed by atoms with Gasteiger partial charge in [0.1, 0.15) is 0 Å². The SMILES string of the molecule is CCCC[C@H](CC)C(=O)N1CC(C(=O)O)C1. The third-order valence-electron chi connectivity index (χ3n) is 3.29. The van der Waals surface area contributed by atoms with Crippen molar-refractivity contribution in [1.29, 1.82) is 0 Å². The van der Waals surface area contributed by atoms with Crippen LogP contribution in [0.15, 0.2) is 0 Å². The van der Waals surface area contributed by atoms with Gasteiger partial charge in [-0.1, -0.05) is 26.7 Å². The Kier molecular flexibility index (Phi) is 4.77. The molecule has 1 aliphatic rings. The van der Waals surface area contributed by atoms with Crippen molar-refractivity contribution < 1.29 is 14.7 Å². The third-order valence-corrected chi connectivity index (χ3v) is 3.29. The van der Waals surface area contributed by atoms with Gasteiger partial charge in [0.2, 0.25) is 5.91 Å². The van der Waals surface area contributed by atoms with Gasteiger partial charge in [0.05, 0.1) is 5.92 Å². The molecule has 16 heavy (non-hydrogen) atoms. The lowest BCUT2D eigenvalue weighted by Crippen LogP contribution is -2.54. The van der Waals surface area contributed by atoms with Crippen molar-refractivity contribution in [3.05, 3.63) is 0 Å². The molecule has 0 aromatic rings. The zero-order valence-electron chi connectivity index (χ0n) is 10.1. The molecule has 92 valence electrons. The largest absolute Gasteiger partial charge is 0.481 e. The van der Waals surface area contributed by atoms with Gasteiger partial charge in [0.15, 0.2) is 0 Å². The van der Waals surface area contributed by atoms with Gasteiger partial charge in [-0.2, -0.15) is 0 Å². The molecule has 0 saturated carbocycles. The summed E-state index contributed by atoms with van der Waals surface area (Å²) in [5.41, 5.74) is 0. The van der Waals surface area contributed by atoms with Crippen molar-refractivity contribution in [1.82, 2.24) is 4.90 Å². The maximum Gasteiger partial charge on any atom is 0.310 e. The number of aliphatic carboxylic acids is 1. The number of nitrogens with zero attached hydrogens (tertiary/aromatic N) is 1. The molecule has 1 fully saturated rings. The number of carbonyl (C=O) groups excluding carboxylic acids is 1. The first kappa shape index (κ1) is 13.0. The van der Waals surface area contributed by atoms with Crippen molar-refractivity contribution in [3.63, 3.8) is 0 Å². The van der Waals surface area contributed by atoms with Crippen molar-refractivity contribution >= 4 is 11.9 Å². The maximum absolute atomic E-state index is 12.0. The number of hydrogen-bond acceptors (Lipinski definition) is 2. The maximum atomic E-state index is 12.0. The minimum atomic E-state index is -0.786. The van der Waals surface area contributed by atoms with E-state index in [-0.39, 0.29) is 17.7 Å². The number of carboxylic acid groups (broad SMARTS) is 1. The lowest BCUT2D eigenvalue weighted by Gasteiger charge is -2.38. The van der Waals surface area contributed by atoms with Crippen molar-refractivity contribution in [2.24, 2.45) is 11.8 Å². The second-order valence-corrected chi connectivity index (χ2v) is 4.53. The fraction of sp³-hybridized carbons (Fsp3) is 0.833. The molecular formula is C12H21NO3. The van der Waals surface area contributed by atoms with Gasteiger partial charge in [-0.3, -0.25) is 9.59 Å². The fourth-order valence-electron chi connectivity index (χ4n) is 2.03. The molecule has 1 atom stereocenters. The summed E-state index contributed by atoms with van der Waals surface area (Å²) >= 11 is 0. The predicted octanol–water partition coefficient (Wildman–Crippen LogP) is 1.75. The summed E-state index contributed by atoms with van der Waals surface area (Å²) in [6.07, 6.45) is 3.95. The quantitative estimate of drug-likeness (QED) is 0.752.